The van der Waals surface area contributed by atoms with Crippen LogP contribution in [0.2, 0.25) is 0 Å². The number of benzene rings is 2. The normalized spacial score (nSPS) is 21.8. The van der Waals surface area contributed by atoms with E-state index in [1.54, 1.807) is 6.07 Å². The molecule has 1 saturated heterocycles. The van der Waals surface area contributed by atoms with Gasteiger partial charge >= 0.3 is 0 Å². The average Bonchev–Trinajstić information content (AvgIpc) is 3.22. The molecule has 4 heterocycles. The second-order valence-corrected chi connectivity index (χ2v) is 9.12. The Balaban J connectivity index is 1.37. The molecule has 32 heavy (non-hydrogen) atoms. The molecule has 3 atom stereocenters. The van der Waals surface area contributed by atoms with E-state index in [0.29, 0.717) is 11.5 Å². The van der Waals surface area contributed by atoms with Gasteiger partial charge in [-0.2, -0.15) is 5.26 Å². The summed E-state index contributed by atoms with van der Waals surface area (Å²) >= 11 is 0. The van der Waals surface area contributed by atoms with Gasteiger partial charge in [-0.25, -0.2) is 0 Å². The lowest BCUT2D eigenvalue weighted by molar-refractivity contribution is -0.925. The molecule has 4 aromatic rings. The SMILES string of the molecule is N#Cc1ccccc1-c1ccc(=O)n2c1[C@@H]1C[C@H](C2)C[NH+](Cc2cc3ccccc3o2)C1. The third kappa shape index (κ3) is 3.16. The summed E-state index contributed by atoms with van der Waals surface area (Å²) in [6.07, 6.45) is 1.09. The van der Waals surface area contributed by atoms with Gasteiger partial charge < -0.3 is 13.9 Å². The number of para-hydroxylation sites is 1. The van der Waals surface area contributed by atoms with Crippen molar-refractivity contribution >= 4 is 11.0 Å². The fourth-order valence-corrected chi connectivity index (χ4v) is 5.80. The molecule has 1 unspecified atom stereocenters. The van der Waals surface area contributed by atoms with Crippen molar-refractivity contribution in [3.8, 4) is 17.2 Å². The number of quaternary nitrogens is 1. The van der Waals surface area contributed by atoms with Crippen molar-refractivity contribution in [1.82, 2.24) is 4.57 Å². The predicted molar refractivity (Wildman–Crippen MR) is 122 cm³/mol. The molecule has 2 aromatic carbocycles. The van der Waals surface area contributed by atoms with Crippen molar-refractivity contribution in [2.24, 2.45) is 5.92 Å². The summed E-state index contributed by atoms with van der Waals surface area (Å²) in [6.45, 7) is 3.59. The number of rotatable bonds is 3. The number of fused-ring (bicyclic) bond motifs is 5. The van der Waals surface area contributed by atoms with Crippen molar-refractivity contribution in [1.29, 1.82) is 5.26 Å². The number of hydrogen-bond donors (Lipinski definition) is 1. The molecule has 0 amide bonds. The number of furan rings is 1. The molecule has 1 N–H and O–H groups in total. The lowest BCUT2D eigenvalue weighted by Crippen LogP contribution is -3.13. The number of nitrogens with one attached hydrogen (secondary N) is 1. The van der Waals surface area contributed by atoms with E-state index in [0.717, 1.165) is 66.2 Å². The standard InChI is InChI=1S/C27H23N3O2/c28-13-20-6-1-3-7-23(20)24-9-10-26(31)30-15-18-11-21(27(24)30)16-29(14-18)17-22-12-19-5-2-4-8-25(19)32-22/h1-10,12,18,21H,11,14-17H2/p+1/t18-,21+/m0/s1. The second kappa shape index (κ2) is 7.51. The Morgan fingerprint density at radius 1 is 1.03 bits per heavy atom. The smallest absolute Gasteiger partial charge is 0.250 e. The van der Waals surface area contributed by atoms with Crippen LogP contribution >= 0.6 is 0 Å². The zero-order chi connectivity index (χ0) is 21.7. The van der Waals surface area contributed by atoms with E-state index in [-0.39, 0.29) is 11.5 Å². The van der Waals surface area contributed by atoms with Crippen molar-refractivity contribution in [2.45, 2.75) is 25.4 Å². The highest BCUT2D eigenvalue weighted by Gasteiger charge is 2.39. The van der Waals surface area contributed by atoms with E-state index < -0.39 is 0 Å². The largest absolute Gasteiger partial charge is 0.455 e. The molecule has 2 aliphatic rings. The zero-order valence-electron chi connectivity index (χ0n) is 17.8. The summed E-state index contributed by atoms with van der Waals surface area (Å²) in [5.74, 6) is 1.78. The molecule has 5 heteroatoms. The first-order valence-electron chi connectivity index (χ1n) is 11.2. The Hall–Kier alpha value is -3.62. The molecule has 0 aliphatic carbocycles. The van der Waals surface area contributed by atoms with Gasteiger partial charge in [0.05, 0.1) is 24.7 Å². The molecule has 2 aliphatic heterocycles. The average molecular weight is 423 g/mol. The number of hydrogen-bond acceptors (Lipinski definition) is 3. The van der Waals surface area contributed by atoms with Gasteiger partial charge in [0, 0.05) is 46.7 Å². The van der Waals surface area contributed by atoms with Crippen molar-refractivity contribution in [2.75, 3.05) is 13.1 Å². The Bertz CT molecular complexity index is 1390. The van der Waals surface area contributed by atoms with Crippen LogP contribution < -0.4 is 10.5 Å². The molecule has 5 nitrogen and oxygen atoms in total. The number of nitrogens with zero attached hydrogens (tertiary/aromatic N) is 2. The number of likely N-dealkylation sites (tertiary alicyclic amines) is 1. The maximum Gasteiger partial charge on any atom is 0.250 e. The molecule has 0 spiro atoms. The molecule has 0 radical (unpaired) electrons. The van der Waals surface area contributed by atoms with E-state index in [4.69, 9.17) is 4.42 Å². The van der Waals surface area contributed by atoms with Crippen LogP contribution in [0.15, 0.2) is 75.9 Å². The fourth-order valence-electron chi connectivity index (χ4n) is 5.80. The van der Waals surface area contributed by atoms with Gasteiger partial charge in [-0.1, -0.05) is 36.4 Å². The van der Waals surface area contributed by atoms with Crippen LogP contribution in [0.4, 0.5) is 0 Å². The van der Waals surface area contributed by atoms with Crippen LogP contribution in [0.25, 0.3) is 22.1 Å². The van der Waals surface area contributed by atoms with E-state index in [2.05, 4.69) is 18.2 Å². The molecule has 1 fully saturated rings. The summed E-state index contributed by atoms with van der Waals surface area (Å²) in [4.78, 5) is 14.3. The van der Waals surface area contributed by atoms with Crippen LogP contribution in [-0.4, -0.2) is 17.7 Å². The summed E-state index contributed by atoms with van der Waals surface area (Å²) in [7, 11) is 0. The van der Waals surface area contributed by atoms with Gasteiger partial charge in [0.2, 0.25) is 0 Å². The summed E-state index contributed by atoms with van der Waals surface area (Å²) < 4.78 is 8.07. The van der Waals surface area contributed by atoms with E-state index in [1.165, 1.54) is 4.90 Å². The van der Waals surface area contributed by atoms with Gasteiger partial charge in [-0.15, -0.1) is 0 Å². The minimum atomic E-state index is 0.0635. The summed E-state index contributed by atoms with van der Waals surface area (Å²) in [5, 5.41) is 10.8. The highest BCUT2D eigenvalue weighted by molar-refractivity contribution is 5.77. The van der Waals surface area contributed by atoms with Crippen molar-refractivity contribution in [3.63, 3.8) is 0 Å². The van der Waals surface area contributed by atoms with Crippen molar-refractivity contribution in [3.05, 3.63) is 94.1 Å². The third-order valence-electron chi connectivity index (χ3n) is 7.02. The Morgan fingerprint density at radius 2 is 1.88 bits per heavy atom. The third-order valence-corrected chi connectivity index (χ3v) is 7.02. The number of pyridine rings is 1. The lowest BCUT2D eigenvalue weighted by atomic mass is 9.80. The van der Waals surface area contributed by atoms with Gasteiger partial charge in [0.15, 0.2) is 5.76 Å². The molecular weight excluding hydrogens is 398 g/mol. The maximum absolute atomic E-state index is 12.8. The minimum Gasteiger partial charge on any atom is -0.455 e. The van der Waals surface area contributed by atoms with Crippen LogP contribution in [0.3, 0.4) is 0 Å². The first-order chi connectivity index (χ1) is 15.7. The summed E-state index contributed by atoms with van der Waals surface area (Å²) in [5.41, 5.74) is 4.69. The zero-order valence-corrected chi connectivity index (χ0v) is 17.8. The van der Waals surface area contributed by atoms with Gasteiger partial charge in [-0.3, -0.25) is 4.79 Å². The Morgan fingerprint density at radius 3 is 2.75 bits per heavy atom. The highest BCUT2D eigenvalue weighted by atomic mass is 16.3. The Labute approximate surface area is 186 Å². The lowest BCUT2D eigenvalue weighted by Gasteiger charge is -2.41. The first-order valence-corrected chi connectivity index (χ1v) is 11.2. The Kier molecular flexibility index (Phi) is 4.48. The van der Waals surface area contributed by atoms with Crippen LogP contribution in [-0.2, 0) is 13.1 Å². The topological polar surface area (TPSA) is 63.4 Å². The fraction of sp³-hybridized carbons (Fsp3) is 0.259. The van der Waals surface area contributed by atoms with Gasteiger partial charge in [0.25, 0.3) is 5.56 Å². The maximum atomic E-state index is 12.8. The van der Waals surface area contributed by atoms with Crippen molar-refractivity contribution < 1.29 is 9.32 Å². The molecule has 0 saturated carbocycles. The van der Waals surface area contributed by atoms with E-state index >= 15 is 0 Å². The van der Waals surface area contributed by atoms with Gasteiger partial charge in [0.1, 0.15) is 12.1 Å². The van der Waals surface area contributed by atoms with Crippen LogP contribution in [0, 0.1) is 17.2 Å². The van der Waals surface area contributed by atoms with Gasteiger partial charge in [-0.05, 0) is 30.7 Å². The predicted octanol–water partition coefficient (Wildman–Crippen LogP) is 3.34. The van der Waals surface area contributed by atoms with Crippen LogP contribution in [0.5, 0.6) is 0 Å². The van der Waals surface area contributed by atoms with Crippen LogP contribution in [0.1, 0.15) is 29.4 Å². The second-order valence-electron chi connectivity index (χ2n) is 9.12. The number of nitriles is 1. The molecule has 2 bridgehead atoms. The van der Waals surface area contributed by atoms with E-state index in [9.17, 15) is 10.1 Å². The highest BCUT2D eigenvalue weighted by Crippen LogP contribution is 2.37. The molecule has 2 aromatic heterocycles. The number of piperidine rings is 1. The molecule has 158 valence electrons. The number of aromatic nitrogens is 1. The minimum absolute atomic E-state index is 0.0635. The molecule has 6 rings (SSSR count). The van der Waals surface area contributed by atoms with E-state index in [1.807, 2.05) is 53.1 Å². The molecular formula is C27H24N3O2+. The first kappa shape index (κ1) is 19.1. The monoisotopic (exact) mass is 422 g/mol. The quantitative estimate of drug-likeness (QED) is 0.551. The summed E-state index contributed by atoms with van der Waals surface area (Å²) in [6, 6.07) is 23.9.